The van der Waals surface area contributed by atoms with Crippen LogP contribution in [0.4, 0.5) is 0 Å². The molecule has 1 aromatic heterocycles. The molecule has 1 aliphatic carbocycles. The van der Waals surface area contributed by atoms with Crippen LogP contribution in [0.25, 0.3) is 0 Å². The number of amides is 1. The zero-order valence-corrected chi connectivity index (χ0v) is 10.5. The van der Waals surface area contributed by atoms with Crippen molar-refractivity contribution in [2.45, 2.75) is 44.2 Å². The molecule has 102 valence electrons. The van der Waals surface area contributed by atoms with Gasteiger partial charge in [0.25, 0.3) is 0 Å². The second kappa shape index (κ2) is 4.64. The van der Waals surface area contributed by atoms with Gasteiger partial charge >= 0.3 is 5.97 Å². The average molecular weight is 264 g/mol. The number of aliphatic carboxylic acids is 1. The lowest BCUT2D eigenvalue weighted by Gasteiger charge is -2.21. The van der Waals surface area contributed by atoms with Crippen molar-refractivity contribution in [2.75, 3.05) is 6.54 Å². The standard InChI is InChI=1S/C12H16N4O3/c17-11(16-5-1-2-10(16)12(18)19)7-15-6-9(13-14-15)8-3-4-8/h6,8,10H,1-5,7H2,(H,18,19)/t10-/m1/s1. The topological polar surface area (TPSA) is 88.3 Å². The third-order valence-corrected chi connectivity index (χ3v) is 3.71. The molecule has 1 saturated heterocycles. The smallest absolute Gasteiger partial charge is 0.326 e. The van der Waals surface area contributed by atoms with Crippen LogP contribution in [0, 0.1) is 0 Å². The van der Waals surface area contributed by atoms with Crippen molar-refractivity contribution in [3.05, 3.63) is 11.9 Å². The summed E-state index contributed by atoms with van der Waals surface area (Å²) < 4.78 is 1.51. The van der Waals surface area contributed by atoms with Gasteiger partial charge in [-0.2, -0.15) is 0 Å². The van der Waals surface area contributed by atoms with E-state index in [0.29, 0.717) is 18.9 Å². The van der Waals surface area contributed by atoms with E-state index >= 15 is 0 Å². The van der Waals surface area contributed by atoms with Crippen LogP contribution in [0.5, 0.6) is 0 Å². The molecule has 1 atom stereocenters. The van der Waals surface area contributed by atoms with Crippen LogP contribution in [-0.2, 0) is 16.1 Å². The molecule has 7 nitrogen and oxygen atoms in total. The minimum absolute atomic E-state index is 0.0729. The number of carboxylic acids is 1. The first kappa shape index (κ1) is 12.1. The van der Waals surface area contributed by atoms with E-state index in [1.165, 1.54) is 9.58 Å². The van der Waals surface area contributed by atoms with Crippen molar-refractivity contribution < 1.29 is 14.7 Å². The number of likely N-dealkylation sites (tertiary alicyclic amines) is 1. The van der Waals surface area contributed by atoms with Crippen molar-refractivity contribution in [3.8, 4) is 0 Å². The molecule has 2 fully saturated rings. The first-order valence-corrected chi connectivity index (χ1v) is 6.57. The van der Waals surface area contributed by atoms with Gasteiger partial charge in [-0.3, -0.25) is 4.79 Å². The average Bonchev–Trinajstić information content (AvgIpc) is 2.92. The van der Waals surface area contributed by atoms with Crippen LogP contribution < -0.4 is 0 Å². The van der Waals surface area contributed by atoms with Crippen LogP contribution in [-0.4, -0.2) is 49.5 Å². The van der Waals surface area contributed by atoms with Crippen molar-refractivity contribution in [1.29, 1.82) is 0 Å². The summed E-state index contributed by atoms with van der Waals surface area (Å²) in [7, 11) is 0. The molecule has 0 bridgehead atoms. The van der Waals surface area contributed by atoms with Gasteiger partial charge in [0.15, 0.2) is 0 Å². The molecule has 1 saturated carbocycles. The summed E-state index contributed by atoms with van der Waals surface area (Å²) in [6, 6.07) is -0.682. The van der Waals surface area contributed by atoms with E-state index in [1.807, 2.05) is 0 Å². The van der Waals surface area contributed by atoms with E-state index < -0.39 is 12.0 Å². The number of hydrogen-bond acceptors (Lipinski definition) is 4. The molecule has 1 N–H and O–H groups in total. The number of carbonyl (C=O) groups excluding carboxylic acids is 1. The number of rotatable bonds is 4. The van der Waals surface area contributed by atoms with E-state index in [4.69, 9.17) is 5.11 Å². The van der Waals surface area contributed by atoms with E-state index in [-0.39, 0.29) is 12.5 Å². The quantitative estimate of drug-likeness (QED) is 0.841. The predicted octanol–water partition coefficient (Wildman–Crippen LogP) is 0.231. The van der Waals surface area contributed by atoms with Gasteiger partial charge in [0.1, 0.15) is 12.6 Å². The van der Waals surface area contributed by atoms with E-state index in [2.05, 4.69) is 10.3 Å². The predicted molar refractivity (Wildman–Crippen MR) is 64.4 cm³/mol. The van der Waals surface area contributed by atoms with Crippen molar-refractivity contribution in [1.82, 2.24) is 19.9 Å². The second-order valence-electron chi connectivity index (χ2n) is 5.20. The Morgan fingerprint density at radius 2 is 2.16 bits per heavy atom. The molecule has 3 rings (SSSR count). The Hall–Kier alpha value is -1.92. The van der Waals surface area contributed by atoms with E-state index in [9.17, 15) is 9.59 Å². The van der Waals surface area contributed by atoms with Crippen molar-refractivity contribution in [2.24, 2.45) is 0 Å². The van der Waals surface area contributed by atoms with Gasteiger partial charge in [-0.25, -0.2) is 9.48 Å². The number of hydrogen-bond donors (Lipinski definition) is 1. The van der Waals surface area contributed by atoms with Gasteiger partial charge in [0.2, 0.25) is 5.91 Å². The molecular formula is C12H16N4O3. The fourth-order valence-corrected chi connectivity index (χ4v) is 2.51. The summed E-state index contributed by atoms with van der Waals surface area (Å²) in [5.41, 5.74) is 0.934. The molecule has 1 aromatic rings. The molecule has 1 aliphatic heterocycles. The Bertz CT molecular complexity index is 509. The molecule has 0 aromatic carbocycles. The zero-order chi connectivity index (χ0) is 13.4. The van der Waals surface area contributed by atoms with Gasteiger partial charge in [-0.05, 0) is 25.7 Å². The van der Waals surface area contributed by atoms with Crippen LogP contribution in [0.3, 0.4) is 0 Å². The summed E-state index contributed by atoms with van der Waals surface area (Å²) in [5.74, 6) is -0.623. The van der Waals surface area contributed by atoms with E-state index in [1.54, 1.807) is 6.20 Å². The maximum absolute atomic E-state index is 12.1. The summed E-state index contributed by atoms with van der Waals surface area (Å²) in [5, 5.41) is 17.0. The van der Waals surface area contributed by atoms with Gasteiger partial charge in [0.05, 0.1) is 5.69 Å². The second-order valence-corrected chi connectivity index (χ2v) is 5.20. The van der Waals surface area contributed by atoms with Gasteiger partial charge in [-0.15, -0.1) is 5.10 Å². The van der Waals surface area contributed by atoms with Crippen molar-refractivity contribution >= 4 is 11.9 Å². The highest BCUT2D eigenvalue weighted by atomic mass is 16.4. The molecule has 1 amide bonds. The highest BCUT2D eigenvalue weighted by Crippen LogP contribution is 2.38. The zero-order valence-electron chi connectivity index (χ0n) is 10.5. The van der Waals surface area contributed by atoms with E-state index in [0.717, 1.165) is 25.0 Å². The molecule has 0 radical (unpaired) electrons. The lowest BCUT2D eigenvalue weighted by molar-refractivity contribution is -0.148. The molecule has 19 heavy (non-hydrogen) atoms. The number of carbonyl (C=O) groups is 2. The maximum Gasteiger partial charge on any atom is 0.326 e. The molecule has 0 spiro atoms. The summed E-state index contributed by atoms with van der Waals surface area (Å²) >= 11 is 0. The first-order valence-electron chi connectivity index (χ1n) is 6.57. The Morgan fingerprint density at radius 3 is 2.84 bits per heavy atom. The summed E-state index contributed by atoms with van der Waals surface area (Å²) in [6.45, 7) is 0.587. The highest BCUT2D eigenvalue weighted by molar-refractivity contribution is 5.84. The molecule has 2 aliphatic rings. The fourth-order valence-electron chi connectivity index (χ4n) is 2.51. The van der Waals surface area contributed by atoms with Crippen molar-refractivity contribution in [3.63, 3.8) is 0 Å². The molecule has 0 unspecified atom stereocenters. The summed E-state index contributed by atoms with van der Waals surface area (Å²) in [4.78, 5) is 24.6. The van der Waals surface area contributed by atoms with Crippen LogP contribution >= 0.6 is 0 Å². The van der Waals surface area contributed by atoms with Gasteiger partial charge in [0, 0.05) is 18.7 Å². The lowest BCUT2D eigenvalue weighted by Crippen LogP contribution is -2.42. The third kappa shape index (κ3) is 2.45. The Morgan fingerprint density at radius 1 is 1.37 bits per heavy atom. The minimum Gasteiger partial charge on any atom is -0.480 e. The molecular weight excluding hydrogens is 248 g/mol. The lowest BCUT2D eigenvalue weighted by atomic mass is 10.2. The number of carboxylic acid groups (broad SMARTS) is 1. The molecule has 2 heterocycles. The Balaban J connectivity index is 1.64. The fraction of sp³-hybridized carbons (Fsp3) is 0.667. The Kier molecular flexibility index (Phi) is 2.96. The molecule has 7 heteroatoms. The third-order valence-electron chi connectivity index (χ3n) is 3.71. The van der Waals surface area contributed by atoms with Gasteiger partial charge in [-0.1, -0.05) is 5.21 Å². The first-order chi connectivity index (χ1) is 9.15. The SMILES string of the molecule is O=C(O)[C@H]1CCCN1C(=O)Cn1cc(C2CC2)nn1. The number of aromatic nitrogens is 3. The monoisotopic (exact) mass is 264 g/mol. The van der Waals surface area contributed by atoms with Gasteiger partial charge < -0.3 is 10.0 Å². The Labute approximate surface area is 110 Å². The normalized spacial score (nSPS) is 22.7. The number of nitrogens with zero attached hydrogens (tertiary/aromatic N) is 4. The summed E-state index contributed by atoms with van der Waals surface area (Å²) in [6.07, 6.45) is 5.35. The highest BCUT2D eigenvalue weighted by Gasteiger charge is 2.34. The van der Waals surface area contributed by atoms with Crippen LogP contribution in [0.1, 0.15) is 37.3 Å². The van der Waals surface area contributed by atoms with Crippen LogP contribution in [0.15, 0.2) is 6.20 Å². The minimum atomic E-state index is -0.928. The maximum atomic E-state index is 12.1. The van der Waals surface area contributed by atoms with Crippen LogP contribution in [0.2, 0.25) is 0 Å². The largest absolute Gasteiger partial charge is 0.480 e.